The van der Waals surface area contributed by atoms with Gasteiger partial charge >= 0.3 is 0 Å². The van der Waals surface area contributed by atoms with Crippen molar-refractivity contribution in [2.75, 3.05) is 5.73 Å². The largest absolute Gasteiger partial charge is 0.367 e. The Kier molecular flexibility index (Phi) is 4.28. The van der Waals surface area contributed by atoms with Crippen molar-refractivity contribution in [1.82, 2.24) is 5.16 Å². The first-order valence-electron chi connectivity index (χ1n) is 8.05. The van der Waals surface area contributed by atoms with Gasteiger partial charge in [0.2, 0.25) is 5.88 Å². The minimum atomic E-state index is 0.442. The molecule has 0 atom stereocenters. The van der Waals surface area contributed by atoms with Gasteiger partial charge in [0, 0.05) is 0 Å². The third-order valence-corrected chi connectivity index (χ3v) is 4.64. The highest BCUT2D eigenvalue weighted by Gasteiger charge is 2.18. The molecule has 1 aromatic carbocycles. The number of hydrogen-bond acceptors (Lipinski definition) is 3. The minimum Gasteiger partial charge on any atom is -0.367 e. The molecule has 2 aromatic rings. The van der Waals surface area contributed by atoms with Gasteiger partial charge in [-0.25, -0.2) is 0 Å². The number of nitrogens with two attached hydrogens (primary N) is 1. The second-order valence-electron chi connectivity index (χ2n) is 6.28. The summed E-state index contributed by atoms with van der Waals surface area (Å²) in [6, 6.07) is 8.41. The fraction of sp³-hybridized carbons (Fsp3) is 0.500. The normalized spacial score (nSPS) is 16.2. The van der Waals surface area contributed by atoms with Crippen LogP contribution < -0.4 is 5.73 Å². The molecule has 1 aliphatic rings. The van der Waals surface area contributed by atoms with Gasteiger partial charge in [-0.2, -0.15) is 0 Å². The van der Waals surface area contributed by atoms with Crippen LogP contribution in [0.1, 0.15) is 49.8 Å². The zero-order chi connectivity index (χ0) is 14.7. The van der Waals surface area contributed by atoms with Crippen molar-refractivity contribution in [2.24, 2.45) is 5.92 Å². The van der Waals surface area contributed by atoms with E-state index in [1.165, 1.54) is 44.1 Å². The molecule has 0 amide bonds. The van der Waals surface area contributed by atoms with Gasteiger partial charge in [0.25, 0.3) is 0 Å². The van der Waals surface area contributed by atoms with Crippen LogP contribution in [0.4, 0.5) is 5.88 Å². The summed E-state index contributed by atoms with van der Waals surface area (Å²) < 4.78 is 5.25. The number of aryl methyl sites for hydroxylation is 2. The molecule has 1 fully saturated rings. The Morgan fingerprint density at radius 2 is 1.86 bits per heavy atom. The molecule has 1 aromatic heterocycles. The van der Waals surface area contributed by atoms with E-state index in [1.807, 2.05) is 0 Å². The zero-order valence-corrected chi connectivity index (χ0v) is 12.8. The number of anilines is 1. The molecule has 3 rings (SSSR count). The van der Waals surface area contributed by atoms with E-state index in [0.717, 1.165) is 29.2 Å². The summed E-state index contributed by atoms with van der Waals surface area (Å²) in [6.45, 7) is 2.09. The van der Waals surface area contributed by atoms with Crippen molar-refractivity contribution in [1.29, 1.82) is 0 Å². The highest BCUT2D eigenvalue weighted by molar-refractivity contribution is 5.75. The second-order valence-corrected chi connectivity index (χ2v) is 6.28. The first kappa shape index (κ1) is 14.2. The van der Waals surface area contributed by atoms with E-state index < -0.39 is 0 Å². The van der Waals surface area contributed by atoms with Crippen molar-refractivity contribution < 1.29 is 4.52 Å². The van der Waals surface area contributed by atoms with Gasteiger partial charge in [-0.05, 0) is 31.2 Å². The van der Waals surface area contributed by atoms with Crippen LogP contribution in [0.5, 0.6) is 0 Å². The number of hydrogen-bond donors (Lipinski definition) is 1. The lowest BCUT2D eigenvalue weighted by molar-refractivity contribution is 0.335. The van der Waals surface area contributed by atoms with Gasteiger partial charge in [-0.3, -0.25) is 0 Å². The van der Waals surface area contributed by atoms with Gasteiger partial charge in [-0.15, -0.1) is 0 Å². The molecule has 0 saturated heterocycles. The van der Waals surface area contributed by atoms with Crippen molar-refractivity contribution in [3.63, 3.8) is 0 Å². The van der Waals surface area contributed by atoms with E-state index in [9.17, 15) is 0 Å². The van der Waals surface area contributed by atoms with Crippen LogP contribution in [0, 0.1) is 12.8 Å². The monoisotopic (exact) mass is 284 g/mol. The molecule has 0 spiro atoms. The molecule has 0 unspecified atom stereocenters. The highest BCUT2D eigenvalue weighted by Crippen LogP contribution is 2.33. The van der Waals surface area contributed by atoms with Crippen LogP contribution in [-0.2, 0) is 6.42 Å². The highest BCUT2D eigenvalue weighted by atomic mass is 16.5. The molecule has 0 radical (unpaired) electrons. The van der Waals surface area contributed by atoms with Crippen LogP contribution in [0.2, 0.25) is 0 Å². The Morgan fingerprint density at radius 3 is 2.57 bits per heavy atom. The minimum absolute atomic E-state index is 0.442. The molecule has 1 saturated carbocycles. The van der Waals surface area contributed by atoms with Crippen molar-refractivity contribution in [3.05, 3.63) is 35.5 Å². The first-order chi connectivity index (χ1) is 10.2. The Labute approximate surface area is 126 Å². The summed E-state index contributed by atoms with van der Waals surface area (Å²) in [5.74, 6) is 1.29. The summed E-state index contributed by atoms with van der Waals surface area (Å²) in [6.07, 6.45) is 9.08. The lowest BCUT2D eigenvalue weighted by atomic mass is 9.85. The summed E-state index contributed by atoms with van der Waals surface area (Å²) in [4.78, 5) is 0. The number of rotatable bonds is 4. The van der Waals surface area contributed by atoms with Crippen LogP contribution in [0.3, 0.4) is 0 Å². The van der Waals surface area contributed by atoms with Crippen LogP contribution >= 0.6 is 0 Å². The Bertz CT molecular complexity index is 580. The van der Waals surface area contributed by atoms with E-state index >= 15 is 0 Å². The summed E-state index contributed by atoms with van der Waals surface area (Å²) in [5.41, 5.74) is 10.4. The molecule has 0 aliphatic heterocycles. The van der Waals surface area contributed by atoms with Crippen LogP contribution in [0.15, 0.2) is 28.8 Å². The van der Waals surface area contributed by atoms with E-state index in [1.54, 1.807) is 0 Å². The lowest BCUT2D eigenvalue weighted by Crippen LogP contribution is -2.07. The molecule has 3 nitrogen and oxygen atoms in total. The predicted molar refractivity (Wildman–Crippen MR) is 86.0 cm³/mol. The third-order valence-electron chi connectivity index (χ3n) is 4.64. The fourth-order valence-electron chi connectivity index (χ4n) is 3.35. The molecule has 0 bridgehead atoms. The average molecular weight is 284 g/mol. The Hall–Kier alpha value is -1.77. The third kappa shape index (κ3) is 3.29. The second kappa shape index (κ2) is 6.33. The summed E-state index contributed by atoms with van der Waals surface area (Å²) >= 11 is 0. The maximum Gasteiger partial charge on any atom is 0.230 e. The summed E-state index contributed by atoms with van der Waals surface area (Å²) in [7, 11) is 0. The molecule has 2 N–H and O–H groups in total. The van der Waals surface area contributed by atoms with Crippen molar-refractivity contribution >= 4 is 5.88 Å². The maximum atomic E-state index is 5.99. The topological polar surface area (TPSA) is 52.0 Å². The Balaban J connectivity index is 1.75. The van der Waals surface area contributed by atoms with Crippen LogP contribution in [0.25, 0.3) is 11.1 Å². The number of aromatic nitrogens is 1. The van der Waals surface area contributed by atoms with Gasteiger partial charge in [-0.1, -0.05) is 67.1 Å². The smallest absolute Gasteiger partial charge is 0.230 e. The standard InChI is InChI=1S/C18H24N2O/c1-13-7-10-15(11-8-13)17-16(20-21-18(17)19)12-9-14-5-3-2-4-6-14/h7-8,10-11,14H,2-6,9,12,19H2,1H3. The molecular formula is C18H24N2O. The SMILES string of the molecule is Cc1ccc(-c2c(CCC3CCCCC3)noc2N)cc1. The fourth-order valence-corrected chi connectivity index (χ4v) is 3.35. The van der Waals surface area contributed by atoms with E-state index in [-0.39, 0.29) is 0 Å². The number of nitrogens with zero attached hydrogens (tertiary/aromatic N) is 1. The van der Waals surface area contributed by atoms with Gasteiger partial charge in [0.1, 0.15) is 0 Å². The lowest BCUT2D eigenvalue weighted by Gasteiger charge is -2.20. The average Bonchev–Trinajstić information content (AvgIpc) is 2.88. The maximum absolute atomic E-state index is 5.99. The van der Waals surface area contributed by atoms with Crippen molar-refractivity contribution in [2.45, 2.75) is 51.9 Å². The Morgan fingerprint density at radius 1 is 1.14 bits per heavy atom. The van der Waals surface area contributed by atoms with Gasteiger partial charge < -0.3 is 10.3 Å². The number of nitrogen functional groups attached to an aromatic ring is 1. The molecular weight excluding hydrogens is 260 g/mol. The van der Waals surface area contributed by atoms with Crippen molar-refractivity contribution in [3.8, 4) is 11.1 Å². The van der Waals surface area contributed by atoms with Gasteiger partial charge in [0.15, 0.2) is 0 Å². The molecule has 3 heteroatoms. The van der Waals surface area contributed by atoms with E-state index in [0.29, 0.717) is 5.88 Å². The molecule has 112 valence electrons. The van der Waals surface area contributed by atoms with E-state index in [4.69, 9.17) is 10.3 Å². The summed E-state index contributed by atoms with van der Waals surface area (Å²) in [5, 5.41) is 4.20. The van der Waals surface area contributed by atoms with Gasteiger partial charge in [0.05, 0.1) is 11.3 Å². The number of benzene rings is 1. The zero-order valence-electron chi connectivity index (χ0n) is 12.8. The molecule has 1 aliphatic carbocycles. The molecule has 1 heterocycles. The quantitative estimate of drug-likeness (QED) is 0.881. The van der Waals surface area contributed by atoms with E-state index in [2.05, 4.69) is 36.3 Å². The first-order valence-corrected chi connectivity index (χ1v) is 8.05. The van der Waals surface area contributed by atoms with Crippen LogP contribution in [-0.4, -0.2) is 5.16 Å². The molecule has 21 heavy (non-hydrogen) atoms. The predicted octanol–water partition coefficient (Wildman–Crippen LogP) is 4.75.